The average Bonchev–Trinajstić information content (AvgIpc) is 2.50. The number of hydrogen-bond acceptors (Lipinski definition) is 5. The van der Waals surface area contributed by atoms with E-state index in [9.17, 15) is 18.3 Å². The second-order valence-electron chi connectivity index (χ2n) is 3.72. The van der Waals surface area contributed by atoms with Crippen molar-refractivity contribution in [3.8, 4) is 0 Å². The Hall–Kier alpha value is -1.41. The van der Waals surface area contributed by atoms with Crippen molar-refractivity contribution in [2.45, 2.75) is 24.0 Å². The molecule has 16 heavy (non-hydrogen) atoms. The van der Waals surface area contributed by atoms with Crippen molar-refractivity contribution in [3.63, 3.8) is 0 Å². The van der Waals surface area contributed by atoms with Gasteiger partial charge in [0.1, 0.15) is 4.90 Å². The van der Waals surface area contributed by atoms with E-state index in [1.807, 2.05) is 0 Å². The zero-order chi connectivity index (χ0) is 12.6. The standard InChI is InChI=1S/C8H12N2O5S/c1-8(13,7(11)12)5-10-4-6(3-9-10)16(2,14)15/h3-4,13H,5H2,1-2H3,(H,11,12). The minimum absolute atomic E-state index is 0.0197. The first-order chi connectivity index (χ1) is 7.13. The summed E-state index contributed by atoms with van der Waals surface area (Å²) < 4.78 is 23.3. The van der Waals surface area contributed by atoms with E-state index in [2.05, 4.69) is 5.10 Å². The first-order valence-corrected chi connectivity index (χ1v) is 6.20. The van der Waals surface area contributed by atoms with Crippen LogP contribution in [0.4, 0.5) is 0 Å². The summed E-state index contributed by atoms with van der Waals surface area (Å²) >= 11 is 0. The molecule has 2 N–H and O–H groups in total. The highest BCUT2D eigenvalue weighted by molar-refractivity contribution is 7.90. The van der Waals surface area contributed by atoms with E-state index in [1.165, 1.54) is 6.20 Å². The van der Waals surface area contributed by atoms with Crippen LogP contribution in [-0.4, -0.2) is 46.2 Å². The number of rotatable bonds is 4. The summed E-state index contributed by atoms with van der Waals surface area (Å²) in [6.07, 6.45) is 3.30. The summed E-state index contributed by atoms with van der Waals surface area (Å²) in [7, 11) is -3.37. The normalized spacial score (nSPS) is 15.7. The maximum atomic E-state index is 11.1. The van der Waals surface area contributed by atoms with Gasteiger partial charge in [-0.3, -0.25) is 4.68 Å². The number of carbonyl (C=O) groups is 1. The third-order valence-corrected chi connectivity index (χ3v) is 3.04. The lowest BCUT2D eigenvalue weighted by molar-refractivity contribution is -0.158. The zero-order valence-corrected chi connectivity index (χ0v) is 9.60. The van der Waals surface area contributed by atoms with Gasteiger partial charge in [-0.25, -0.2) is 13.2 Å². The molecule has 1 unspecified atom stereocenters. The molecule has 0 bridgehead atoms. The van der Waals surface area contributed by atoms with Crippen molar-refractivity contribution >= 4 is 15.8 Å². The van der Waals surface area contributed by atoms with E-state index < -0.39 is 21.4 Å². The number of sulfone groups is 1. The maximum absolute atomic E-state index is 11.1. The van der Waals surface area contributed by atoms with Gasteiger partial charge in [0, 0.05) is 12.5 Å². The molecule has 1 atom stereocenters. The number of aliphatic carboxylic acids is 1. The van der Waals surface area contributed by atoms with Gasteiger partial charge in [0.2, 0.25) is 0 Å². The minimum atomic E-state index is -3.37. The van der Waals surface area contributed by atoms with E-state index in [0.717, 1.165) is 24.1 Å². The van der Waals surface area contributed by atoms with E-state index in [4.69, 9.17) is 5.11 Å². The van der Waals surface area contributed by atoms with Crippen LogP contribution in [-0.2, 0) is 21.2 Å². The van der Waals surface area contributed by atoms with Gasteiger partial charge < -0.3 is 10.2 Å². The zero-order valence-electron chi connectivity index (χ0n) is 8.78. The fraction of sp³-hybridized carbons (Fsp3) is 0.500. The third-order valence-electron chi connectivity index (χ3n) is 1.97. The molecule has 0 aromatic carbocycles. The first kappa shape index (κ1) is 12.7. The van der Waals surface area contributed by atoms with Crippen molar-refractivity contribution in [3.05, 3.63) is 12.4 Å². The van der Waals surface area contributed by atoms with E-state index in [-0.39, 0.29) is 11.4 Å². The van der Waals surface area contributed by atoms with Gasteiger partial charge >= 0.3 is 5.97 Å². The molecule has 90 valence electrons. The van der Waals surface area contributed by atoms with Crippen LogP contribution in [0.1, 0.15) is 6.92 Å². The molecular weight excluding hydrogens is 236 g/mol. The number of aromatic nitrogens is 2. The van der Waals surface area contributed by atoms with Crippen LogP contribution in [0, 0.1) is 0 Å². The van der Waals surface area contributed by atoms with E-state index in [0.29, 0.717) is 0 Å². The van der Waals surface area contributed by atoms with Crippen LogP contribution in [0.25, 0.3) is 0 Å². The Morgan fingerprint density at radius 3 is 2.56 bits per heavy atom. The quantitative estimate of drug-likeness (QED) is 0.716. The Morgan fingerprint density at radius 2 is 2.19 bits per heavy atom. The number of carboxylic acids is 1. The number of aliphatic hydroxyl groups is 1. The third kappa shape index (κ3) is 2.80. The van der Waals surface area contributed by atoms with Gasteiger partial charge in [-0.2, -0.15) is 5.10 Å². The van der Waals surface area contributed by atoms with Crippen molar-refractivity contribution in [1.82, 2.24) is 9.78 Å². The smallest absolute Gasteiger partial charge is 0.337 e. The first-order valence-electron chi connectivity index (χ1n) is 4.31. The Labute approximate surface area is 92.2 Å². The van der Waals surface area contributed by atoms with E-state index >= 15 is 0 Å². The van der Waals surface area contributed by atoms with Gasteiger partial charge in [0.25, 0.3) is 0 Å². The molecule has 0 aliphatic rings. The monoisotopic (exact) mass is 248 g/mol. The molecule has 0 saturated heterocycles. The second kappa shape index (κ2) is 3.87. The molecule has 7 nitrogen and oxygen atoms in total. The average molecular weight is 248 g/mol. The highest BCUT2D eigenvalue weighted by Gasteiger charge is 2.31. The molecule has 0 fully saturated rings. The second-order valence-corrected chi connectivity index (χ2v) is 5.74. The number of nitrogens with zero attached hydrogens (tertiary/aromatic N) is 2. The topological polar surface area (TPSA) is 109 Å². The van der Waals surface area contributed by atoms with Gasteiger partial charge in [0.15, 0.2) is 15.4 Å². The van der Waals surface area contributed by atoms with E-state index in [1.54, 1.807) is 0 Å². The van der Waals surface area contributed by atoms with Gasteiger partial charge in [-0.1, -0.05) is 0 Å². The maximum Gasteiger partial charge on any atom is 0.337 e. The minimum Gasteiger partial charge on any atom is -0.479 e. The van der Waals surface area contributed by atoms with Crippen molar-refractivity contribution in [2.24, 2.45) is 0 Å². The summed E-state index contributed by atoms with van der Waals surface area (Å²) in [5.41, 5.74) is -1.99. The van der Waals surface area contributed by atoms with Crippen LogP contribution >= 0.6 is 0 Å². The molecule has 0 aliphatic carbocycles. The number of hydrogen-bond donors (Lipinski definition) is 2. The van der Waals surface area contributed by atoms with Gasteiger partial charge in [-0.15, -0.1) is 0 Å². The van der Waals surface area contributed by atoms with Gasteiger partial charge in [-0.05, 0) is 6.92 Å². The summed E-state index contributed by atoms with van der Waals surface area (Å²) in [6.45, 7) is 0.787. The Bertz CT molecular complexity index is 502. The van der Waals surface area contributed by atoms with Crippen LogP contribution < -0.4 is 0 Å². The van der Waals surface area contributed by atoms with Crippen LogP contribution in [0.5, 0.6) is 0 Å². The summed E-state index contributed by atoms with van der Waals surface area (Å²) in [4.78, 5) is 10.6. The lowest BCUT2D eigenvalue weighted by Gasteiger charge is -2.17. The Balaban J connectivity index is 2.93. The molecule has 0 saturated carbocycles. The Morgan fingerprint density at radius 1 is 1.62 bits per heavy atom. The molecule has 0 radical (unpaired) electrons. The SMILES string of the molecule is CC(O)(Cn1cc(S(C)(=O)=O)cn1)C(=O)O. The predicted octanol–water partition coefficient (Wildman–Crippen LogP) is -0.878. The van der Waals surface area contributed by atoms with Crippen molar-refractivity contribution in [2.75, 3.05) is 6.26 Å². The van der Waals surface area contributed by atoms with Crippen LogP contribution in [0.3, 0.4) is 0 Å². The lowest BCUT2D eigenvalue weighted by atomic mass is 10.1. The van der Waals surface area contributed by atoms with Gasteiger partial charge in [0.05, 0.1) is 12.7 Å². The Kier molecular flexibility index (Phi) is 3.06. The highest BCUT2D eigenvalue weighted by Crippen LogP contribution is 2.11. The molecular formula is C8H12N2O5S. The summed E-state index contributed by atoms with van der Waals surface area (Å²) in [6, 6.07) is 0. The predicted molar refractivity (Wildman–Crippen MR) is 53.6 cm³/mol. The molecule has 0 aliphatic heterocycles. The lowest BCUT2D eigenvalue weighted by Crippen LogP contribution is -2.39. The molecule has 1 aromatic rings. The fourth-order valence-corrected chi connectivity index (χ4v) is 1.56. The molecule has 1 rings (SSSR count). The molecule has 0 spiro atoms. The summed E-state index contributed by atoms with van der Waals surface area (Å²) in [5.74, 6) is -1.40. The highest BCUT2D eigenvalue weighted by atomic mass is 32.2. The van der Waals surface area contributed by atoms with Crippen LogP contribution in [0.15, 0.2) is 17.3 Å². The van der Waals surface area contributed by atoms with Crippen molar-refractivity contribution < 1.29 is 23.4 Å². The number of carboxylic acid groups (broad SMARTS) is 1. The summed E-state index contributed by atoms with van der Waals surface area (Å²) in [5, 5.41) is 21.8. The molecule has 8 heteroatoms. The fourth-order valence-electron chi connectivity index (χ4n) is 1.01. The van der Waals surface area contributed by atoms with Crippen LogP contribution in [0.2, 0.25) is 0 Å². The molecule has 1 heterocycles. The molecule has 1 aromatic heterocycles. The van der Waals surface area contributed by atoms with Crippen molar-refractivity contribution in [1.29, 1.82) is 0 Å². The largest absolute Gasteiger partial charge is 0.479 e. The molecule has 0 amide bonds.